The molecule has 0 aliphatic carbocycles. The number of nitriles is 1. The van der Waals surface area contributed by atoms with Crippen LogP contribution in [-0.4, -0.2) is 56.4 Å². The molecule has 0 bridgehead atoms. The largest absolute Gasteiger partial charge is 0.486 e. The van der Waals surface area contributed by atoms with Crippen LogP contribution in [0.2, 0.25) is 0 Å². The average Bonchev–Trinajstić information content (AvgIpc) is 3.38. The van der Waals surface area contributed by atoms with Gasteiger partial charge < -0.3 is 14.4 Å². The molecule has 0 N–H and O–H groups in total. The molecule has 3 aliphatic heterocycles. The molecule has 2 aromatic rings. The van der Waals surface area contributed by atoms with Gasteiger partial charge in [0.25, 0.3) is 0 Å². The summed E-state index contributed by atoms with van der Waals surface area (Å²) in [6.45, 7) is 2.29. The van der Waals surface area contributed by atoms with E-state index >= 15 is 0 Å². The second-order valence-corrected chi connectivity index (χ2v) is 10.8. The lowest BCUT2D eigenvalue weighted by Gasteiger charge is -2.34. The zero-order valence-electron chi connectivity index (χ0n) is 18.9. The summed E-state index contributed by atoms with van der Waals surface area (Å²) in [5.74, 6) is 1.33. The fourth-order valence-corrected chi connectivity index (χ4v) is 6.76. The lowest BCUT2D eigenvalue weighted by molar-refractivity contribution is -0.137. The number of nitrogens with zero attached hydrogens (tertiary/aromatic N) is 3. The van der Waals surface area contributed by atoms with E-state index in [1.165, 1.54) is 16.4 Å². The van der Waals surface area contributed by atoms with Crippen molar-refractivity contribution in [2.45, 2.75) is 36.6 Å². The monoisotopic (exact) mass is 481 g/mol. The van der Waals surface area contributed by atoms with Crippen molar-refractivity contribution in [3.63, 3.8) is 0 Å². The summed E-state index contributed by atoms with van der Waals surface area (Å²) in [5, 5.41) is 9.30. The van der Waals surface area contributed by atoms with Crippen molar-refractivity contribution in [1.82, 2.24) is 9.21 Å². The number of rotatable bonds is 4. The van der Waals surface area contributed by atoms with Crippen molar-refractivity contribution >= 4 is 15.9 Å². The van der Waals surface area contributed by atoms with Crippen LogP contribution in [0.1, 0.15) is 42.9 Å². The summed E-state index contributed by atoms with van der Waals surface area (Å²) in [6, 6.07) is 14.1. The van der Waals surface area contributed by atoms with Crippen LogP contribution in [0.15, 0.2) is 47.4 Å². The summed E-state index contributed by atoms with van der Waals surface area (Å²) in [5.41, 5.74) is 1.18. The molecule has 0 radical (unpaired) electrons. The van der Waals surface area contributed by atoms with Crippen LogP contribution in [0.4, 0.5) is 0 Å². The van der Waals surface area contributed by atoms with Crippen molar-refractivity contribution in [3.05, 3.63) is 53.6 Å². The van der Waals surface area contributed by atoms with Crippen LogP contribution in [0.25, 0.3) is 0 Å². The van der Waals surface area contributed by atoms with Gasteiger partial charge in [-0.1, -0.05) is 18.2 Å². The van der Waals surface area contributed by atoms with Gasteiger partial charge in [-0.05, 0) is 55.5 Å². The Labute approximate surface area is 199 Å². The Morgan fingerprint density at radius 3 is 2.47 bits per heavy atom. The molecule has 0 aromatic heterocycles. The molecule has 5 rings (SSSR count). The third kappa shape index (κ3) is 4.12. The van der Waals surface area contributed by atoms with Gasteiger partial charge in [-0.15, -0.1) is 0 Å². The van der Waals surface area contributed by atoms with E-state index in [4.69, 9.17) is 9.47 Å². The first kappa shape index (κ1) is 22.7. The van der Waals surface area contributed by atoms with Gasteiger partial charge in [-0.2, -0.15) is 9.57 Å². The summed E-state index contributed by atoms with van der Waals surface area (Å²) in [4.78, 5) is 15.4. The molecule has 1 unspecified atom stereocenters. The number of hydrogen-bond acceptors (Lipinski definition) is 6. The van der Waals surface area contributed by atoms with Crippen molar-refractivity contribution in [1.29, 1.82) is 5.26 Å². The molecule has 0 saturated carbocycles. The molecule has 178 valence electrons. The molecule has 1 amide bonds. The number of piperidine rings is 1. The highest BCUT2D eigenvalue weighted by Gasteiger charge is 2.38. The van der Waals surface area contributed by atoms with E-state index in [0.717, 1.165) is 29.9 Å². The quantitative estimate of drug-likeness (QED) is 0.665. The number of fused-ring (bicyclic) bond motifs is 1. The predicted molar refractivity (Wildman–Crippen MR) is 124 cm³/mol. The SMILES string of the molecule is N#Cc1ccccc1S(=O)(=O)N1CCC(C(=O)N2CCCC2c2ccc3c(c2)OCCO3)CC1. The highest BCUT2D eigenvalue weighted by Crippen LogP contribution is 2.39. The van der Waals surface area contributed by atoms with Crippen molar-refractivity contribution in [3.8, 4) is 17.6 Å². The minimum absolute atomic E-state index is 0.00686. The molecule has 9 heteroatoms. The van der Waals surface area contributed by atoms with E-state index in [1.807, 2.05) is 29.2 Å². The Bertz CT molecular complexity index is 1230. The van der Waals surface area contributed by atoms with Gasteiger partial charge in [0, 0.05) is 25.6 Å². The zero-order valence-corrected chi connectivity index (χ0v) is 19.7. The summed E-state index contributed by atoms with van der Waals surface area (Å²) in [6.07, 6.45) is 2.76. The molecule has 3 heterocycles. The molecular formula is C25H27N3O5S. The number of carbonyl (C=O) groups excluding carboxylic acids is 1. The lowest BCUT2D eigenvalue weighted by Crippen LogP contribution is -2.44. The van der Waals surface area contributed by atoms with Gasteiger partial charge in [-0.3, -0.25) is 4.79 Å². The van der Waals surface area contributed by atoms with E-state index < -0.39 is 10.0 Å². The Balaban J connectivity index is 1.27. The number of ether oxygens (including phenoxy) is 2. The molecule has 1 atom stereocenters. The standard InChI is InChI=1S/C25H27N3O5S/c26-17-20-4-1-2-6-24(20)34(30,31)27-12-9-18(10-13-27)25(29)28-11-3-5-21(28)19-7-8-22-23(16-19)33-15-14-32-22/h1-2,4,6-8,16,18,21H,3,5,9-15H2. The highest BCUT2D eigenvalue weighted by atomic mass is 32.2. The van der Waals surface area contributed by atoms with Crippen LogP contribution < -0.4 is 9.47 Å². The van der Waals surface area contributed by atoms with E-state index in [9.17, 15) is 18.5 Å². The van der Waals surface area contributed by atoms with Gasteiger partial charge in [0.15, 0.2) is 11.5 Å². The lowest BCUT2D eigenvalue weighted by atomic mass is 9.95. The first-order chi connectivity index (χ1) is 16.5. The highest BCUT2D eigenvalue weighted by molar-refractivity contribution is 7.89. The predicted octanol–water partition coefficient (Wildman–Crippen LogP) is 3.09. The van der Waals surface area contributed by atoms with Crippen LogP contribution in [0.3, 0.4) is 0 Å². The number of hydrogen-bond donors (Lipinski definition) is 0. The second-order valence-electron chi connectivity index (χ2n) is 8.88. The Hall–Kier alpha value is -3.09. The number of likely N-dealkylation sites (tertiary alicyclic amines) is 1. The van der Waals surface area contributed by atoms with Crippen LogP contribution >= 0.6 is 0 Å². The number of sulfonamides is 1. The molecule has 8 nitrogen and oxygen atoms in total. The maximum atomic E-state index is 13.5. The smallest absolute Gasteiger partial charge is 0.244 e. The first-order valence-corrected chi connectivity index (χ1v) is 13.1. The summed E-state index contributed by atoms with van der Waals surface area (Å²) in [7, 11) is -3.78. The molecule has 2 aromatic carbocycles. The van der Waals surface area contributed by atoms with Crippen LogP contribution in [-0.2, 0) is 14.8 Å². The molecule has 3 aliphatic rings. The summed E-state index contributed by atoms with van der Waals surface area (Å²) < 4.78 is 39.0. The van der Waals surface area contributed by atoms with Crippen molar-refractivity contribution < 1.29 is 22.7 Å². The van der Waals surface area contributed by atoms with Gasteiger partial charge >= 0.3 is 0 Å². The second kappa shape index (κ2) is 9.28. The third-order valence-corrected chi connectivity index (χ3v) is 8.87. The average molecular weight is 482 g/mol. The minimum atomic E-state index is -3.78. The molecule has 2 saturated heterocycles. The van der Waals surface area contributed by atoms with E-state index in [0.29, 0.717) is 32.6 Å². The number of amides is 1. The van der Waals surface area contributed by atoms with Crippen molar-refractivity contribution in [2.75, 3.05) is 32.8 Å². The Morgan fingerprint density at radius 1 is 0.971 bits per heavy atom. The molecule has 34 heavy (non-hydrogen) atoms. The van der Waals surface area contributed by atoms with Gasteiger partial charge in [-0.25, -0.2) is 8.42 Å². The van der Waals surface area contributed by atoms with Gasteiger partial charge in [0.05, 0.1) is 16.5 Å². The third-order valence-electron chi connectivity index (χ3n) is 6.92. The summed E-state index contributed by atoms with van der Waals surface area (Å²) >= 11 is 0. The Morgan fingerprint density at radius 2 is 1.71 bits per heavy atom. The topological polar surface area (TPSA) is 99.9 Å². The molecule has 0 spiro atoms. The van der Waals surface area contributed by atoms with Crippen LogP contribution in [0, 0.1) is 17.2 Å². The fraction of sp³-hybridized carbons (Fsp3) is 0.440. The number of carbonyl (C=O) groups is 1. The first-order valence-electron chi connectivity index (χ1n) is 11.7. The minimum Gasteiger partial charge on any atom is -0.486 e. The normalized spacial score (nSPS) is 21.3. The maximum Gasteiger partial charge on any atom is 0.244 e. The van der Waals surface area contributed by atoms with E-state index in [1.54, 1.807) is 12.1 Å². The molecular weight excluding hydrogens is 454 g/mol. The van der Waals surface area contributed by atoms with Gasteiger partial charge in [0.1, 0.15) is 19.3 Å². The van der Waals surface area contributed by atoms with Crippen molar-refractivity contribution in [2.24, 2.45) is 5.92 Å². The van der Waals surface area contributed by atoms with Crippen LogP contribution in [0.5, 0.6) is 11.5 Å². The fourth-order valence-electron chi connectivity index (χ4n) is 5.14. The van der Waals surface area contributed by atoms with E-state index in [-0.39, 0.29) is 41.4 Å². The van der Waals surface area contributed by atoms with Gasteiger partial charge in [0.2, 0.25) is 15.9 Å². The zero-order chi connectivity index (χ0) is 23.7. The van der Waals surface area contributed by atoms with E-state index in [2.05, 4.69) is 0 Å². The maximum absolute atomic E-state index is 13.5. The molecule has 2 fully saturated rings. The number of benzene rings is 2. The Kier molecular flexibility index (Phi) is 6.19.